The summed E-state index contributed by atoms with van der Waals surface area (Å²) in [4.78, 5) is 26.7. The second kappa shape index (κ2) is 5.33. The van der Waals surface area contributed by atoms with Crippen molar-refractivity contribution in [3.63, 3.8) is 0 Å². The molecule has 0 aromatic heterocycles. The van der Waals surface area contributed by atoms with Crippen LogP contribution in [0.3, 0.4) is 0 Å². The number of amides is 1. The number of para-hydroxylation sites is 1. The first-order chi connectivity index (χ1) is 11.6. The summed E-state index contributed by atoms with van der Waals surface area (Å²) in [5, 5.41) is 2.93. The summed E-state index contributed by atoms with van der Waals surface area (Å²) in [6.45, 7) is 0.494. The van der Waals surface area contributed by atoms with Crippen molar-refractivity contribution in [3.8, 4) is 5.75 Å². The number of rotatable bonds is 2. The molecule has 24 heavy (non-hydrogen) atoms. The smallest absolute Gasteiger partial charge is 0.255 e. The lowest BCUT2D eigenvalue weighted by atomic mass is 9.92. The largest absolute Gasteiger partial charge is 0.494 e. The van der Waals surface area contributed by atoms with Gasteiger partial charge in [-0.15, -0.1) is 0 Å². The van der Waals surface area contributed by atoms with Gasteiger partial charge >= 0.3 is 0 Å². The highest BCUT2D eigenvalue weighted by Gasteiger charge is 2.37. The van der Waals surface area contributed by atoms with E-state index >= 15 is 0 Å². The highest BCUT2D eigenvalue weighted by atomic mass is 19.1. The van der Waals surface area contributed by atoms with Crippen molar-refractivity contribution < 1.29 is 18.7 Å². The normalized spacial score (nSPS) is 18.9. The third-order valence-electron chi connectivity index (χ3n) is 4.52. The number of benzene rings is 2. The van der Waals surface area contributed by atoms with Gasteiger partial charge in [0.05, 0.1) is 18.4 Å². The predicted octanol–water partition coefficient (Wildman–Crippen LogP) is 2.67. The average Bonchev–Trinajstić information content (AvgIpc) is 2.60. The van der Waals surface area contributed by atoms with E-state index in [1.165, 1.54) is 13.2 Å². The van der Waals surface area contributed by atoms with Crippen LogP contribution in [0.5, 0.6) is 5.75 Å². The molecule has 1 unspecified atom stereocenters. The molecule has 0 radical (unpaired) electrons. The van der Waals surface area contributed by atoms with Gasteiger partial charge in [-0.2, -0.15) is 0 Å². The van der Waals surface area contributed by atoms with E-state index in [0.29, 0.717) is 35.3 Å². The number of anilines is 1. The number of ether oxygens (including phenoxy) is 1. The Morgan fingerprint density at radius 2 is 2.00 bits per heavy atom. The molecule has 0 bridgehead atoms. The van der Waals surface area contributed by atoms with Crippen molar-refractivity contribution in [3.05, 3.63) is 58.9 Å². The minimum absolute atomic E-state index is 0.0354. The van der Waals surface area contributed by atoms with Crippen molar-refractivity contribution in [2.24, 2.45) is 0 Å². The number of nitrogens with one attached hydrogen (secondary N) is 1. The number of halogens is 1. The molecule has 2 aliphatic heterocycles. The first kappa shape index (κ1) is 14.7. The van der Waals surface area contributed by atoms with Crippen molar-refractivity contribution in [1.29, 1.82) is 0 Å². The molecule has 1 N–H and O–H groups in total. The van der Waals surface area contributed by atoms with Crippen LogP contribution in [-0.4, -0.2) is 25.3 Å². The summed E-state index contributed by atoms with van der Waals surface area (Å²) < 4.78 is 18.7. The molecular formula is C18H15FN2O3. The maximum atomic E-state index is 13.7. The maximum Gasteiger partial charge on any atom is 0.255 e. The molecule has 2 aliphatic rings. The molecule has 1 amide bonds. The van der Waals surface area contributed by atoms with Gasteiger partial charge in [-0.1, -0.05) is 12.1 Å². The number of ketones is 1. The van der Waals surface area contributed by atoms with E-state index in [1.54, 1.807) is 30.3 Å². The molecule has 6 heteroatoms. The second-order valence-corrected chi connectivity index (χ2v) is 5.84. The van der Waals surface area contributed by atoms with Crippen LogP contribution in [0.2, 0.25) is 0 Å². The van der Waals surface area contributed by atoms with Gasteiger partial charge in [0.15, 0.2) is 17.3 Å². The van der Waals surface area contributed by atoms with Crippen LogP contribution in [0.15, 0.2) is 36.4 Å². The van der Waals surface area contributed by atoms with Gasteiger partial charge in [0, 0.05) is 18.5 Å². The summed E-state index contributed by atoms with van der Waals surface area (Å²) in [5.41, 5.74) is 2.42. The van der Waals surface area contributed by atoms with Crippen molar-refractivity contribution in [1.82, 2.24) is 5.32 Å². The lowest BCUT2D eigenvalue weighted by Gasteiger charge is -2.42. The second-order valence-electron chi connectivity index (χ2n) is 5.84. The number of hydrogen-bond acceptors (Lipinski definition) is 4. The molecule has 2 heterocycles. The van der Waals surface area contributed by atoms with Crippen LogP contribution < -0.4 is 15.0 Å². The van der Waals surface area contributed by atoms with E-state index in [2.05, 4.69) is 5.32 Å². The Balaban J connectivity index is 1.85. The van der Waals surface area contributed by atoms with Crippen molar-refractivity contribution in [2.75, 3.05) is 18.6 Å². The average molecular weight is 326 g/mol. The number of hydrogen-bond donors (Lipinski definition) is 1. The molecule has 4 rings (SSSR count). The number of carbonyl (C=O) groups excluding carboxylic acids is 2. The Bertz CT molecular complexity index is 851. The van der Waals surface area contributed by atoms with Crippen LogP contribution in [-0.2, 0) is 0 Å². The van der Waals surface area contributed by atoms with Crippen LogP contribution in [0.25, 0.3) is 0 Å². The number of nitrogens with zero attached hydrogens (tertiary/aromatic N) is 1. The monoisotopic (exact) mass is 326 g/mol. The molecule has 122 valence electrons. The Morgan fingerprint density at radius 3 is 2.79 bits per heavy atom. The molecule has 0 spiro atoms. The first-order valence-electron chi connectivity index (χ1n) is 7.67. The predicted molar refractivity (Wildman–Crippen MR) is 85.9 cm³/mol. The van der Waals surface area contributed by atoms with Crippen LogP contribution in [0.1, 0.15) is 38.9 Å². The lowest BCUT2D eigenvalue weighted by Crippen LogP contribution is -2.49. The van der Waals surface area contributed by atoms with Gasteiger partial charge in [-0.25, -0.2) is 4.39 Å². The van der Waals surface area contributed by atoms with E-state index in [1.807, 2.05) is 4.90 Å². The molecule has 0 saturated heterocycles. The quantitative estimate of drug-likeness (QED) is 0.922. The van der Waals surface area contributed by atoms with E-state index in [9.17, 15) is 14.0 Å². The third kappa shape index (κ3) is 2.06. The van der Waals surface area contributed by atoms with Crippen LogP contribution in [0.4, 0.5) is 10.1 Å². The summed E-state index contributed by atoms with van der Waals surface area (Å²) in [6.07, 6.45) is -0.0880. The van der Waals surface area contributed by atoms with E-state index in [4.69, 9.17) is 4.74 Å². The number of Topliss-reactive ketones (excluding diaryl/α,β-unsaturated/α-hetero) is 1. The third-order valence-corrected chi connectivity index (χ3v) is 4.52. The Kier molecular flexibility index (Phi) is 3.26. The molecular weight excluding hydrogens is 311 g/mol. The Labute approximate surface area is 138 Å². The minimum Gasteiger partial charge on any atom is -0.494 e. The summed E-state index contributed by atoms with van der Waals surface area (Å²) >= 11 is 0. The van der Waals surface area contributed by atoms with E-state index < -0.39 is 12.0 Å². The molecule has 0 saturated carbocycles. The van der Waals surface area contributed by atoms with Gasteiger partial charge in [0.2, 0.25) is 0 Å². The fraction of sp³-hybridized carbons (Fsp3) is 0.222. The number of methoxy groups -OCH3 is 1. The molecule has 2 aromatic carbocycles. The van der Waals surface area contributed by atoms with Crippen molar-refractivity contribution >= 4 is 17.4 Å². The first-order valence-corrected chi connectivity index (χ1v) is 7.67. The molecule has 1 atom stereocenters. The van der Waals surface area contributed by atoms with Crippen molar-refractivity contribution in [2.45, 2.75) is 12.6 Å². The highest BCUT2D eigenvalue weighted by molar-refractivity contribution is 6.11. The topological polar surface area (TPSA) is 58.6 Å². The maximum absolute atomic E-state index is 13.7. The van der Waals surface area contributed by atoms with E-state index in [0.717, 1.165) is 0 Å². The van der Waals surface area contributed by atoms with Gasteiger partial charge in [0.25, 0.3) is 5.91 Å². The fourth-order valence-electron chi connectivity index (χ4n) is 3.38. The number of carbonyl (C=O) groups is 2. The minimum atomic E-state index is -0.464. The van der Waals surface area contributed by atoms with Gasteiger partial charge in [0.1, 0.15) is 6.17 Å². The molecule has 5 nitrogen and oxygen atoms in total. The molecule has 2 aromatic rings. The van der Waals surface area contributed by atoms with Crippen LogP contribution in [0, 0.1) is 5.82 Å². The Hall–Kier alpha value is -2.89. The zero-order valence-corrected chi connectivity index (χ0v) is 13.0. The molecule has 0 aliphatic carbocycles. The molecule has 0 fully saturated rings. The summed E-state index contributed by atoms with van der Waals surface area (Å²) in [5.74, 6) is -0.549. The summed E-state index contributed by atoms with van der Waals surface area (Å²) in [7, 11) is 1.40. The fourth-order valence-corrected chi connectivity index (χ4v) is 3.38. The Morgan fingerprint density at radius 1 is 1.21 bits per heavy atom. The lowest BCUT2D eigenvalue weighted by molar-refractivity contribution is 0.0921. The van der Waals surface area contributed by atoms with Gasteiger partial charge in [-0.05, 0) is 29.8 Å². The highest BCUT2D eigenvalue weighted by Crippen LogP contribution is 2.39. The zero-order chi connectivity index (χ0) is 16.8. The van der Waals surface area contributed by atoms with Gasteiger partial charge < -0.3 is 15.0 Å². The van der Waals surface area contributed by atoms with E-state index in [-0.39, 0.29) is 17.4 Å². The SMILES string of the molecule is COc1cc(C2NC(=O)c3cccc4c3N2CCC4=O)ccc1F. The van der Waals surface area contributed by atoms with Gasteiger partial charge in [-0.3, -0.25) is 9.59 Å². The summed E-state index contributed by atoms with van der Waals surface area (Å²) in [6, 6.07) is 9.68. The zero-order valence-electron chi connectivity index (χ0n) is 13.0. The standard InChI is InChI=1S/C18H15FN2O3/c1-24-15-9-10(5-6-13(15)19)17-20-18(23)12-4-2-3-11-14(22)7-8-21(17)16(11)12/h2-6,9,17H,7-8H2,1H3,(H,20,23). The van der Waals surface area contributed by atoms with Crippen LogP contribution >= 0.6 is 0 Å².